The molecule has 0 radical (unpaired) electrons. The number of fused-ring (bicyclic) bond motifs is 2. The van der Waals surface area contributed by atoms with Crippen LogP contribution in [0.2, 0.25) is 0 Å². The summed E-state index contributed by atoms with van der Waals surface area (Å²) in [5, 5.41) is 16.5. The minimum atomic E-state index is -0.236. The van der Waals surface area contributed by atoms with Crippen molar-refractivity contribution in [2.24, 2.45) is 0 Å². The SMILES string of the molecule is CNC(=O)c1c(C)oc2cc(Oc3c(C#N)cnc4ccc(NC(=O)CN5CCOCC5)cc34)ccc12. The Hall–Kier alpha value is -4.46. The van der Waals surface area contributed by atoms with E-state index in [2.05, 4.69) is 21.7 Å². The molecule has 1 aliphatic heterocycles. The predicted octanol–water partition coefficient (Wildman–Crippen LogP) is 3.58. The van der Waals surface area contributed by atoms with E-state index in [1.165, 1.54) is 6.20 Å². The van der Waals surface area contributed by atoms with E-state index in [9.17, 15) is 14.9 Å². The van der Waals surface area contributed by atoms with Crippen LogP contribution < -0.4 is 15.4 Å². The van der Waals surface area contributed by atoms with Gasteiger partial charge in [0, 0.05) is 48.9 Å². The van der Waals surface area contributed by atoms with E-state index < -0.39 is 0 Å². The van der Waals surface area contributed by atoms with Crippen molar-refractivity contribution in [3.05, 3.63) is 59.5 Å². The molecule has 0 spiro atoms. The van der Waals surface area contributed by atoms with Crippen molar-refractivity contribution in [1.82, 2.24) is 15.2 Å². The Morgan fingerprint density at radius 1 is 1.16 bits per heavy atom. The fourth-order valence-corrected chi connectivity index (χ4v) is 4.39. The van der Waals surface area contributed by atoms with Gasteiger partial charge >= 0.3 is 0 Å². The van der Waals surface area contributed by atoms with Crippen LogP contribution in [0.25, 0.3) is 21.9 Å². The molecule has 10 heteroatoms. The molecular formula is C27H25N5O5. The van der Waals surface area contributed by atoms with Gasteiger partial charge in [-0.2, -0.15) is 5.26 Å². The molecule has 0 bridgehead atoms. The molecule has 0 unspecified atom stereocenters. The number of hydrogen-bond donors (Lipinski definition) is 2. The van der Waals surface area contributed by atoms with Gasteiger partial charge in [-0.15, -0.1) is 0 Å². The Morgan fingerprint density at radius 3 is 2.73 bits per heavy atom. The number of benzene rings is 2. The summed E-state index contributed by atoms with van der Waals surface area (Å²) in [6, 6.07) is 12.5. The zero-order valence-corrected chi connectivity index (χ0v) is 20.5. The van der Waals surface area contributed by atoms with Gasteiger partial charge in [-0.1, -0.05) is 0 Å². The number of anilines is 1. The molecule has 4 aromatic rings. The van der Waals surface area contributed by atoms with Crippen LogP contribution in [-0.4, -0.2) is 61.6 Å². The lowest BCUT2D eigenvalue weighted by molar-refractivity contribution is -0.118. The quantitative estimate of drug-likeness (QED) is 0.412. The van der Waals surface area contributed by atoms with Crippen molar-refractivity contribution in [3.8, 4) is 17.6 Å². The maximum absolute atomic E-state index is 12.6. The Bertz CT molecular complexity index is 1550. The number of furan rings is 1. The largest absolute Gasteiger partial charge is 0.460 e. The summed E-state index contributed by atoms with van der Waals surface area (Å²) >= 11 is 0. The molecular weight excluding hydrogens is 474 g/mol. The number of nitrogens with zero attached hydrogens (tertiary/aromatic N) is 3. The van der Waals surface area contributed by atoms with Crippen LogP contribution in [0.15, 0.2) is 47.0 Å². The highest BCUT2D eigenvalue weighted by molar-refractivity contribution is 6.07. The lowest BCUT2D eigenvalue weighted by Gasteiger charge is -2.25. The van der Waals surface area contributed by atoms with E-state index in [1.54, 1.807) is 50.4 Å². The van der Waals surface area contributed by atoms with Crippen LogP contribution in [-0.2, 0) is 9.53 Å². The highest BCUT2D eigenvalue weighted by Gasteiger charge is 2.19. The lowest BCUT2D eigenvalue weighted by Crippen LogP contribution is -2.41. The number of aromatic nitrogens is 1. The molecule has 2 aromatic carbocycles. The first-order valence-electron chi connectivity index (χ1n) is 11.8. The first kappa shape index (κ1) is 24.2. The van der Waals surface area contributed by atoms with E-state index in [1.807, 2.05) is 4.90 Å². The van der Waals surface area contributed by atoms with Crippen LogP contribution >= 0.6 is 0 Å². The zero-order chi connectivity index (χ0) is 25.9. The van der Waals surface area contributed by atoms with Gasteiger partial charge in [0.25, 0.3) is 5.91 Å². The number of pyridine rings is 1. The van der Waals surface area contributed by atoms with Gasteiger partial charge in [-0.05, 0) is 37.3 Å². The Morgan fingerprint density at radius 2 is 1.97 bits per heavy atom. The summed E-state index contributed by atoms with van der Waals surface area (Å²) < 4.78 is 17.3. The number of aryl methyl sites for hydroxylation is 1. The molecule has 10 nitrogen and oxygen atoms in total. The number of carbonyl (C=O) groups excluding carboxylic acids is 2. The standard InChI is InChI=1S/C27H25N5O5/c1-16-25(27(34)29-2)20-5-4-19(12-23(20)36-16)37-26-17(13-28)14-30-22-6-3-18(11-21(22)26)31-24(33)15-32-7-9-35-10-8-32/h3-6,11-12,14H,7-10,15H2,1-2H3,(H,29,34)(H,31,33). The van der Waals surface area contributed by atoms with E-state index in [0.717, 1.165) is 0 Å². The van der Waals surface area contributed by atoms with Gasteiger partial charge in [0.1, 0.15) is 28.7 Å². The van der Waals surface area contributed by atoms with Gasteiger partial charge < -0.3 is 24.5 Å². The first-order chi connectivity index (χ1) is 18.0. The van der Waals surface area contributed by atoms with Crippen LogP contribution in [0.4, 0.5) is 5.69 Å². The smallest absolute Gasteiger partial charge is 0.255 e. The van der Waals surface area contributed by atoms with Crippen LogP contribution in [0.3, 0.4) is 0 Å². The highest BCUT2D eigenvalue weighted by Crippen LogP contribution is 2.36. The third-order valence-corrected chi connectivity index (χ3v) is 6.21. The number of ether oxygens (including phenoxy) is 2. The van der Waals surface area contributed by atoms with Gasteiger partial charge in [-0.3, -0.25) is 19.5 Å². The third-order valence-electron chi connectivity index (χ3n) is 6.21. The maximum Gasteiger partial charge on any atom is 0.255 e. The van der Waals surface area contributed by atoms with Crippen molar-refractivity contribution in [1.29, 1.82) is 5.26 Å². The van der Waals surface area contributed by atoms with Crippen LogP contribution in [0.1, 0.15) is 21.7 Å². The number of rotatable bonds is 6. The number of hydrogen-bond acceptors (Lipinski definition) is 8. The summed E-state index contributed by atoms with van der Waals surface area (Å²) in [6.45, 7) is 4.64. The van der Waals surface area contributed by atoms with E-state index in [-0.39, 0.29) is 23.9 Å². The molecule has 1 fully saturated rings. The summed E-state index contributed by atoms with van der Waals surface area (Å²) in [6.07, 6.45) is 1.45. The van der Waals surface area contributed by atoms with Crippen LogP contribution in [0.5, 0.6) is 11.5 Å². The number of amides is 2. The molecule has 188 valence electrons. The fourth-order valence-electron chi connectivity index (χ4n) is 4.39. The van der Waals surface area contributed by atoms with Gasteiger partial charge in [0.15, 0.2) is 5.75 Å². The summed E-state index contributed by atoms with van der Waals surface area (Å²) in [7, 11) is 1.56. The second-order valence-electron chi connectivity index (χ2n) is 8.65. The normalized spacial score (nSPS) is 13.9. The zero-order valence-electron chi connectivity index (χ0n) is 20.5. The molecule has 2 amide bonds. The number of nitrogens with one attached hydrogen (secondary N) is 2. The topological polar surface area (TPSA) is 130 Å². The summed E-state index contributed by atoms with van der Waals surface area (Å²) in [5.41, 5.74) is 2.37. The molecule has 2 aromatic heterocycles. The predicted molar refractivity (Wildman–Crippen MR) is 137 cm³/mol. The summed E-state index contributed by atoms with van der Waals surface area (Å²) in [5.74, 6) is 0.858. The number of carbonyl (C=O) groups is 2. The summed E-state index contributed by atoms with van der Waals surface area (Å²) in [4.78, 5) is 31.3. The third kappa shape index (κ3) is 4.95. The molecule has 2 N–H and O–H groups in total. The van der Waals surface area contributed by atoms with Crippen molar-refractivity contribution in [2.45, 2.75) is 6.92 Å². The molecule has 0 aliphatic carbocycles. The van der Waals surface area contributed by atoms with Crippen molar-refractivity contribution in [3.63, 3.8) is 0 Å². The second-order valence-corrected chi connectivity index (χ2v) is 8.65. The van der Waals surface area contributed by atoms with E-state index in [4.69, 9.17) is 13.9 Å². The molecule has 1 saturated heterocycles. The van der Waals surface area contributed by atoms with Crippen molar-refractivity contribution >= 4 is 39.4 Å². The van der Waals surface area contributed by atoms with Gasteiger partial charge in [-0.25, -0.2) is 0 Å². The van der Waals surface area contributed by atoms with Crippen molar-refractivity contribution in [2.75, 3.05) is 45.2 Å². The average Bonchev–Trinajstić information content (AvgIpc) is 3.24. The minimum absolute atomic E-state index is 0.140. The van der Waals surface area contributed by atoms with Crippen LogP contribution in [0, 0.1) is 18.3 Å². The van der Waals surface area contributed by atoms with Crippen molar-refractivity contribution < 1.29 is 23.5 Å². The second kappa shape index (κ2) is 10.3. The fraction of sp³-hybridized carbons (Fsp3) is 0.259. The van der Waals surface area contributed by atoms with Gasteiger partial charge in [0.05, 0.1) is 30.8 Å². The van der Waals surface area contributed by atoms with E-state index >= 15 is 0 Å². The molecule has 5 rings (SSSR count). The molecule has 0 atom stereocenters. The minimum Gasteiger partial charge on any atom is -0.460 e. The average molecular weight is 500 g/mol. The molecule has 37 heavy (non-hydrogen) atoms. The first-order valence-corrected chi connectivity index (χ1v) is 11.8. The number of morpholine rings is 1. The Balaban J connectivity index is 1.46. The maximum atomic E-state index is 12.6. The monoisotopic (exact) mass is 499 g/mol. The molecule has 3 heterocycles. The number of nitriles is 1. The molecule has 0 saturated carbocycles. The lowest BCUT2D eigenvalue weighted by atomic mass is 10.1. The van der Waals surface area contributed by atoms with E-state index in [0.29, 0.717) is 76.7 Å². The highest BCUT2D eigenvalue weighted by atomic mass is 16.5. The molecule has 1 aliphatic rings. The Labute approximate surface area is 212 Å². The Kier molecular flexibility index (Phi) is 6.72. The van der Waals surface area contributed by atoms with Gasteiger partial charge in [0.2, 0.25) is 5.91 Å².